The Bertz CT molecular complexity index is 247. The van der Waals surface area contributed by atoms with Crippen LogP contribution in [0.25, 0.3) is 0 Å². The summed E-state index contributed by atoms with van der Waals surface area (Å²) in [6.07, 6.45) is 2.30. The minimum Gasteiger partial charge on any atom is -0.466 e. The van der Waals surface area contributed by atoms with Gasteiger partial charge in [-0.15, -0.1) is 0 Å². The largest absolute Gasteiger partial charge is 0.466 e. The molecule has 0 saturated heterocycles. The van der Waals surface area contributed by atoms with Gasteiger partial charge in [-0.2, -0.15) is 0 Å². The summed E-state index contributed by atoms with van der Waals surface area (Å²) < 4.78 is 9.50. The van der Waals surface area contributed by atoms with E-state index in [1.54, 1.807) is 13.8 Å². The molecule has 0 rings (SSSR count). The third-order valence-electron chi connectivity index (χ3n) is 2.28. The third kappa shape index (κ3) is 9.81. The average Bonchev–Trinajstić information content (AvgIpc) is 2.29. The van der Waals surface area contributed by atoms with Crippen LogP contribution in [0.15, 0.2) is 0 Å². The van der Waals surface area contributed by atoms with E-state index >= 15 is 0 Å². The molecule has 0 aliphatic carbocycles. The number of carbonyl (C=O) groups is 3. The number of rotatable bonds is 10. The van der Waals surface area contributed by atoms with Gasteiger partial charge in [-0.3, -0.25) is 14.4 Å². The highest BCUT2D eigenvalue weighted by Gasteiger charge is 2.07. The van der Waals surface area contributed by atoms with Crippen molar-refractivity contribution in [3.63, 3.8) is 0 Å². The lowest BCUT2D eigenvalue weighted by molar-refractivity contribution is -0.144. The zero-order valence-corrected chi connectivity index (χ0v) is 11.2. The van der Waals surface area contributed by atoms with Crippen LogP contribution in [0.3, 0.4) is 0 Å². The molecule has 0 aliphatic heterocycles. The fraction of sp³-hybridized carbons (Fsp3) is 0.769. The van der Waals surface area contributed by atoms with Gasteiger partial charge >= 0.3 is 11.9 Å². The predicted molar refractivity (Wildman–Crippen MR) is 66.0 cm³/mol. The zero-order chi connectivity index (χ0) is 13.8. The molecule has 0 aromatic carbocycles. The van der Waals surface area contributed by atoms with E-state index < -0.39 is 0 Å². The second-order valence-corrected chi connectivity index (χ2v) is 3.86. The molecule has 0 spiro atoms. The number of esters is 2. The van der Waals surface area contributed by atoms with Crippen LogP contribution >= 0.6 is 0 Å². The molecule has 0 bridgehead atoms. The summed E-state index contributed by atoms with van der Waals surface area (Å²) in [7, 11) is 0. The van der Waals surface area contributed by atoms with Crippen molar-refractivity contribution < 1.29 is 23.9 Å². The number of ketones is 1. The highest BCUT2D eigenvalue weighted by atomic mass is 16.5. The van der Waals surface area contributed by atoms with Gasteiger partial charge in [-0.25, -0.2) is 0 Å². The van der Waals surface area contributed by atoms with E-state index in [1.165, 1.54) is 0 Å². The smallest absolute Gasteiger partial charge is 0.305 e. The summed E-state index contributed by atoms with van der Waals surface area (Å²) in [5, 5.41) is 0. The fourth-order valence-corrected chi connectivity index (χ4v) is 1.45. The number of carbonyl (C=O) groups excluding carboxylic acids is 3. The molecule has 0 aromatic rings. The molecule has 0 aromatic heterocycles. The van der Waals surface area contributed by atoms with Crippen LogP contribution in [0.4, 0.5) is 0 Å². The van der Waals surface area contributed by atoms with E-state index in [2.05, 4.69) is 0 Å². The summed E-state index contributed by atoms with van der Waals surface area (Å²) in [5.41, 5.74) is 0. The lowest BCUT2D eigenvalue weighted by Crippen LogP contribution is -2.07. The molecule has 0 fully saturated rings. The van der Waals surface area contributed by atoms with E-state index in [0.717, 1.165) is 0 Å². The highest BCUT2D eigenvalue weighted by molar-refractivity contribution is 5.79. The van der Waals surface area contributed by atoms with Crippen LogP contribution in [0.2, 0.25) is 0 Å². The molecule has 18 heavy (non-hydrogen) atoms. The van der Waals surface area contributed by atoms with E-state index in [4.69, 9.17) is 9.47 Å². The molecule has 5 nitrogen and oxygen atoms in total. The van der Waals surface area contributed by atoms with E-state index in [0.29, 0.717) is 38.9 Å². The van der Waals surface area contributed by atoms with Gasteiger partial charge in [0, 0.05) is 25.7 Å². The molecular weight excluding hydrogens is 236 g/mol. The Morgan fingerprint density at radius 1 is 0.722 bits per heavy atom. The van der Waals surface area contributed by atoms with Crippen LogP contribution in [0, 0.1) is 0 Å². The quantitative estimate of drug-likeness (QED) is 0.561. The summed E-state index contributed by atoms with van der Waals surface area (Å²) in [5.74, 6) is -0.461. The molecule has 0 unspecified atom stereocenters. The van der Waals surface area contributed by atoms with Crippen LogP contribution < -0.4 is 0 Å². The lowest BCUT2D eigenvalue weighted by atomic mass is 10.1. The second kappa shape index (κ2) is 10.7. The average molecular weight is 258 g/mol. The molecule has 5 heteroatoms. The Balaban J connectivity index is 3.48. The number of ether oxygens (including phenoxy) is 2. The van der Waals surface area contributed by atoms with Gasteiger partial charge in [0.05, 0.1) is 13.2 Å². The van der Waals surface area contributed by atoms with E-state index in [9.17, 15) is 14.4 Å². The standard InChI is InChI=1S/C13H22O5/c1-3-17-12(15)9-5-7-11(14)8-6-10-13(16)18-4-2/h3-10H2,1-2H3. The van der Waals surface area contributed by atoms with Crippen molar-refractivity contribution in [3.05, 3.63) is 0 Å². The van der Waals surface area contributed by atoms with Crippen LogP contribution in [-0.4, -0.2) is 30.9 Å². The van der Waals surface area contributed by atoms with Crippen molar-refractivity contribution in [1.29, 1.82) is 0 Å². The fourth-order valence-electron chi connectivity index (χ4n) is 1.45. The van der Waals surface area contributed by atoms with Gasteiger partial charge in [0.25, 0.3) is 0 Å². The summed E-state index contributed by atoms with van der Waals surface area (Å²) in [4.78, 5) is 33.4. The molecule has 0 N–H and O–H groups in total. The Morgan fingerprint density at radius 2 is 1.11 bits per heavy atom. The molecule has 0 aliphatic rings. The van der Waals surface area contributed by atoms with Crippen LogP contribution in [0.1, 0.15) is 52.4 Å². The maximum Gasteiger partial charge on any atom is 0.305 e. The topological polar surface area (TPSA) is 69.7 Å². The highest BCUT2D eigenvalue weighted by Crippen LogP contribution is 2.05. The molecule has 0 amide bonds. The zero-order valence-electron chi connectivity index (χ0n) is 11.2. The summed E-state index contributed by atoms with van der Waals surface area (Å²) in [6, 6.07) is 0. The first-order chi connectivity index (χ1) is 8.60. The number of Topliss-reactive ketones (excluding diaryl/α,β-unsaturated/α-hetero) is 1. The summed E-state index contributed by atoms with van der Waals surface area (Å²) in [6.45, 7) is 4.23. The van der Waals surface area contributed by atoms with E-state index in [-0.39, 0.29) is 30.6 Å². The number of hydrogen-bond donors (Lipinski definition) is 0. The Kier molecular flexibility index (Phi) is 9.91. The Hall–Kier alpha value is -1.39. The predicted octanol–water partition coefficient (Wildman–Crippen LogP) is 2.02. The van der Waals surface area contributed by atoms with Gasteiger partial charge in [0.15, 0.2) is 0 Å². The normalized spacial score (nSPS) is 9.89. The molecular formula is C13H22O5. The second-order valence-electron chi connectivity index (χ2n) is 3.86. The summed E-state index contributed by atoms with van der Waals surface area (Å²) >= 11 is 0. The van der Waals surface area contributed by atoms with Crippen LogP contribution in [-0.2, 0) is 23.9 Å². The molecule has 0 radical (unpaired) electrons. The molecule has 0 atom stereocenters. The van der Waals surface area contributed by atoms with E-state index in [1.807, 2.05) is 0 Å². The maximum absolute atomic E-state index is 11.4. The molecule has 0 saturated carbocycles. The first kappa shape index (κ1) is 16.6. The van der Waals surface area contributed by atoms with Gasteiger partial charge in [0.1, 0.15) is 5.78 Å². The van der Waals surface area contributed by atoms with Gasteiger partial charge in [-0.05, 0) is 26.7 Å². The minimum absolute atomic E-state index is 0.0728. The SMILES string of the molecule is CCOC(=O)CCCC(=O)CCCC(=O)OCC. The molecule has 104 valence electrons. The van der Waals surface area contributed by atoms with Crippen molar-refractivity contribution in [2.75, 3.05) is 13.2 Å². The van der Waals surface area contributed by atoms with Crippen molar-refractivity contribution in [2.24, 2.45) is 0 Å². The van der Waals surface area contributed by atoms with Gasteiger partial charge in [-0.1, -0.05) is 0 Å². The molecule has 0 heterocycles. The maximum atomic E-state index is 11.4. The first-order valence-electron chi connectivity index (χ1n) is 6.43. The van der Waals surface area contributed by atoms with Gasteiger partial charge < -0.3 is 9.47 Å². The van der Waals surface area contributed by atoms with Crippen molar-refractivity contribution in [3.8, 4) is 0 Å². The van der Waals surface area contributed by atoms with Crippen molar-refractivity contribution >= 4 is 17.7 Å². The van der Waals surface area contributed by atoms with Gasteiger partial charge in [0.2, 0.25) is 0 Å². The van der Waals surface area contributed by atoms with Crippen molar-refractivity contribution in [2.45, 2.75) is 52.4 Å². The van der Waals surface area contributed by atoms with Crippen LogP contribution in [0.5, 0.6) is 0 Å². The first-order valence-corrected chi connectivity index (χ1v) is 6.43. The number of hydrogen-bond acceptors (Lipinski definition) is 5. The Morgan fingerprint density at radius 3 is 1.44 bits per heavy atom. The third-order valence-corrected chi connectivity index (χ3v) is 2.28. The lowest BCUT2D eigenvalue weighted by Gasteiger charge is -2.02. The van der Waals surface area contributed by atoms with Crippen molar-refractivity contribution in [1.82, 2.24) is 0 Å². The Labute approximate surface area is 108 Å². The minimum atomic E-state index is -0.267. The monoisotopic (exact) mass is 258 g/mol.